The van der Waals surface area contributed by atoms with E-state index in [9.17, 15) is 13.5 Å². The Morgan fingerprint density at radius 1 is 1.35 bits per heavy atom. The van der Waals surface area contributed by atoms with Crippen molar-refractivity contribution >= 4 is 10.0 Å². The summed E-state index contributed by atoms with van der Waals surface area (Å²) < 4.78 is 29.7. The van der Waals surface area contributed by atoms with Crippen molar-refractivity contribution in [3.8, 4) is 0 Å². The normalized spacial score (nSPS) is 23.6. The lowest BCUT2D eigenvalue weighted by Gasteiger charge is -2.37. The molecule has 6 nitrogen and oxygen atoms in total. The summed E-state index contributed by atoms with van der Waals surface area (Å²) in [6.45, 7) is 10.8. The van der Waals surface area contributed by atoms with E-state index >= 15 is 0 Å². The van der Waals surface area contributed by atoms with E-state index in [1.54, 1.807) is 11.6 Å². The van der Waals surface area contributed by atoms with E-state index in [4.69, 9.17) is 0 Å². The fourth-order valence-corrected chi connectivity index (χ4v) is 5.60. The van der Waals surface area contributed by atoms with E-state index in [0.717, 1.165) is 12.8 Å². The predicted molar refractivity (Wildman–Crippen MR) is 89.7 cm³/mol. The molecule has 2 rings (SSSR count). The van der Waals surface area contributed by atoms with Crippen molar-refractivity contribution in [1.29, 1.82) is 0 Å². The van der Waals surface area contributed by atoms with Crippen molar-refractivity contribution in [3.63, 3.8) is 0 Å². The summed E-state index contributed by atoms with van der Waals surface area (Å²) in [5.74, 6) is 0.554. The second-order valence-corrected chi connectivity index (χ2v) is 8.89. The Balaban J connectivity index is 2.45. The molecule has 132 valence electrons. The minimum Gasteiger partial charge on any atom is -0.395 e. The topological polar surface area (TPSA) is 75.4 Å². The van der Waals surface area contributed by atoms with Gasteiger partial charge in [-0.15, -0.1) is 0 Å². The van der Waals surface area contributed by atoms with E-state index in [2.05, 4.69) is 18.9 Å². The Morgan fingerprint density at radius 2 is 2.00 bits per heavy atom. The van der Waals surface area contributed by atoms with Gasteiger partial charge >= 0.3 is 0 Å². The molecular weight excluding hydrogens is 314 g/mol. The molecule has 1 aliphatic heterocycles. The highest BCUT2D eigenvalue weighted by Gasteiger charge is 2.39. The van der Waals surface area contributed by atoms with Crippen molar-refractivity contribution in [2.75, 3.05) is 13.2 Å². The van der Waals surface area contributed by atoms with Gasteiger partial charge in [-0.2, -0.15) is 9.40 Å². The van der Waals surface area contributed by atoms with Gasteiger partial charge in [-0.25, -0.2) is 8.42 Å². The lowest BCUT2D eigenvalue weighted by molar-refractivity contribution is 0.113. The first-order valence-electron chi connectivity index (χ1n) is 8.36. The molecule has 7 heteroatoms. The number of aromatic nitrogens is 2. The fourth-order valence-electron chi connectivity index (χ4n) is 3.48. The van der Waals surface area contributed by atoms with Crippen LogP contribution in [0.25, 0.3) is 0 Å². The maximum Gasteiger partial charge on any atom is 0.247 e. The zero-order chi connectivity index (χ0) is 17.4. The minimum atomic E-state index is -3.64. The molecule has 0 aliphatic carbocycles. The number of aliphatic hydroxyl groups is 1. The number of nitrogens with zero attached hydrogens (tertiary/aromatic N) is 3. The average molecular weight is 343 g/mol. The van der Waals surface area contributed by atoms with Crippen LogP contribution in [0, 0.1) is 25.7 Å². The molecule has 0 bridgehead atoms. The van der Waals surface area contributed by atoms with Crippen molar-refractivity contribution in [3.05, 3.63) is 11.4 Å². The number of rotatable bonds is 5. The molecule has 1 aromatic rings. The maximum atomic E-state index is 13.2. The summed E-state index contributed by atoms with van der Waals surface area (Å²) in [6.07, 6.45) is 1.77. The van der Waals surface area contributed by atoms with Crippen molar-refractivity contribution in [1.82, 2.24) is 14.1 Å². The van der Waals surface area contributed by atoms with Gasteiger partial charge in [0, 0.05) is 13.1 Å². The standard InChI is InChI=1S/C16H29N3O3S/c1-11(2)9-18-14(5)16(13(4)17-18)23(21,22)19-8-6-7-12(3)15(19)10-20/h11-12,15,20H,6-10H2,1-5H3/t12-,15+/m0/s1. The Morgan fingerprint density at radius 3 is 2.57 bits per heavy atom. The smallest absolute Gasteiger partial charge is 0.247 e. The highest BCUT2D eigenvalue weighted by atomic mass is 32.2. The van der Waals surface area contributed by atoms with Crippen molar-refractivity contribution in [2.45, 2.75) is 64.9 Å². The van der Waals surface area contributed by atoms with Crippen LogP contribution in [-0.4, -0.2) is 46.8 Å². The van der Waals surface area contributed by atoms with Crippen LogP contribution < -0.4 is 0 Å². The van der Waals surface area contributed by atoms with Crippen LogP contribution in [0.4, 0.5) is 0 Å². The lowest BCUT2D eigenvalue weighted by Crippen LogP contribution is -2.49. The van der Waals surface area contributed by atoms with E-state index in [1.807, 2.05) is 13.8 Å². The van der Waals surface area contributed by atoms with Gasteiger partial charge in [-0.1, -0.05) is 20.8 Å². The van der Waals surface area contributed by atoms with E-state index in [1.165, 1.54) is 4.31 Å². The number of aliphatic hydroxyl groups excluding tert-OH is 1. The summed E-state index contributed by atoms with van der Waals surface area (Å²) in [6, 6.07) is -0.346. The third kappa shape index (κ3) is 3.46. The molecule has 2 heterocycles. The van der Waals surface area contributed by atoms with Gasteiger partial charge in [0.1, 0.15) is 4.90 Å². The molecule has 0 saturated carbocycles. The number of hydrogen-bond acceptors (Lipinski definition) is 4. The number of piperidine rings is 1. The Bertz CT molecular complexity index is 652. The maximum absolute atomic E-state index is 13.2. The largest absolute Gasteiger partial charge is 0.395 e. The molecule has 0 aromatic carbocycles. The number of hydrogen-bond donors (Lipinski definition) is 1. The molecule has 23 heavy (non-hydrogen) atoms. The Kier molecular flexibility index (Phi) is 5.53. The molecule has 1 aromatic heterocycles. The highest BCUT2D eigenvalue weighted by Crippen LogP contribution is 2.31. The first kappa shape index (κ1) is 18.4. The summed E-state index contributed by atoms with van der Waals surface area (Å²) in [4.78, 5) is 0.311. The van der Waals surface area contributed by atoms with E-state index in [-0.39, 0.29) is 18.6 Å². The third-order valence-electron chi connectivity index (χ3n) is 4.67. The van der Waals surface area contributed by atoms with Gasteiger partial charge in [0.25, 0.3) is 0 Å². The summed E-state index contributed by atoms with van der Waals surface area (Å²) >= 11 is 0. The molecule has 0 amide bonds. The van der Waals surface area contributed by atoms with Crippen molar-refractivity contribution in [2.24, 2.45) is 11.8 Å². The lowest BCUT2D eigenvalue weighted by atomic mass is 9.93. The molecule has 0 radical (unpaired) electrons. The SMILES string of the molecule is Cc1nn(CC(C)C)c(C)c1S(=O)(=O)N1CCC[C@H](C)[C@H]1CO. The molecule has 1 saturated heterocycles. The van der Waals surface area contributed by atoms with Crippen molar-refractivity contribution < 1.29 is 13.5 Å². The molecule has 1 fully saturated rings. The van der Waals surface area contributed by atoms with Gasteiger partial charge in [-0.3, -0.25) is 4.68 Å². The zero-order valence-electron chi connectivity index (χ0n) is 14.8. The number of aryl methyl sites for hydroxylation is 1. The van der Waals surface area contributed by atoms with Crippen LogP contribution in [-0.2, 0) is 16.6 Å². The molecular formula is C16H29N3O3S. The molecule has 2 atom stereocenters. The van der Waals surface area contributed by atoms with Crippen LogP contribution in [0.5, 0.6) is 0 Å². The first-order valence-corrected chi connectivity index (χ1v) is 9.80. The van der Waals surface area contributed by atoms with Gasteiger partial charge in [0.15, 0.2) is 0 Å². The van der Waals surface area contributed by atoms with Gasteiger partial charge in [-0.05, 0) is 38.5 Å². The van der Waals surface area contributed by atoms with Crippen LogP contribution in [0.2, 0.25) is 0 Å². The average Bonchev–Trinajstić information content (AvgIpc) is 2.72. The Labute approximate surface area is 139 Å². The molecule has 0 unspecified atom stereocenters. The van der Waals surface area contributed by atoms with Crippen LogP contribution in [0.1, 0.15) is 45.0 Å². The molecule has 1 N–H and O–H groups in total. The fraction of sp³-hybridized carbons (Fsp3) is 0.812. The summed E-state index contributed by atoms with van der Waals surface area (Å²) in [5, 5.41) is 14.1. The van der Waals surface area contributed by atoms with E-state index in [0.29, 0.717) is 35.3 Å². The van der Waals surface area contributed by atoms with Crippen LogP contribution in [0.3, 0.4) is 0 Å². The monoisotopic (exact) mass is 343 g/mol. The predicted octanol–water partition coefficient (Wildman–Crippen LogP) is 1.94. The van der Waals surface area contributed by atoms with Crippen LogP contribution >= 0.6 is 0 Å². The molecule has 0 spiro atoms. The zero-order valence-corrected chi connectivity index (χ0v) is 15.6. The van der Waals surface area contributed by atoms with Crippen LogP contribution in [0.15, 0.2) is 4.90 Å². The van der Waals surface area contributed by atoms with Gasteiger partial charge in [0.2, 0.25) is 10.0 Å². The first-order chi connectivity index (χ1) is 10.7. The van der Waals surface area contributed by atoms with E-state index < -0.39 is 10.0 Å². The van der Waals surface area contributed by atoms with Gasteiger partial charge in [0.05, 0.1) is 24.0 Å². The molecule has 1 aliphatic rings. The minimum absolute atomic E-state index is 0.140. The second kappa shape index (κ2) is 6.91. The summed E-state index contributed by atoms with van der Waals surface area (Å²) in [7, 11) is -3.64. The quantitative estimate of drug-likeness (QED) is 0.886. The summed E-state index contributed by atoms with van der Waals surface area (Å²) in [5.41, 5.74) is 1.23. The van der Waals surface area contributed by atoms with Gasteiger partial charge < -0.3 is 5.11 Å². The third-order valence-corrected chi connectivity index (χ3v) is 6.85. The Hall–Kier alpha value is -0.920. The number of sulfonamides is 1. The highest BCUT2D eigenvalue weighted by molar-refractivity contribution is 7.89. The second-order valence-electron chi connectivity index (χ2n) is 7.06.